The molecule has 0 saturated carbocycles. The molecule has 1 N–H and O–H groups in total. The summed E-state index contributed by atoms with van der Waals surface area (Å²) >= 11 is 0. The largest absolute Gasteiger partial charge is 0.416 e. The molecule has 180 valence electrons. The van der Waals surface area contributed by atoms with Crippen LogP contribution in [-0.2, 0) is 17.5 Å². The van der Waals surface area contributed by atoms with Crippen molar-refractivity contribution >= 4 is 17.6 Å². The van der Waals surface area contributed by atoms with Crippen LogP contribution in [0.25, 0.3) is 0 Å². The summed E-state index contributed by atoms with van der Waals surface area (Å²) in [6.45, 7) is 2.49. The van der Waals surface area contributed by atoms with E-state index in [1.165, 1.54) is 12.3 Å². The Bertz CT molecular complexity index is 1070. The van der Waals surface area contributed by atoms with Gasteiger partial charge in [-0.15, -0.1) is 0 Å². The summed E-state index contributed by atoms with van der Waals surface area (Å²) < 4.78 is 38.6. The number of fused-ring (bicyclic) bond motifs is 4. The van der Waals surface area contributed by atoms with E-state index < -0.39 is 11.7 Å². The van der Waals surface area contributed by atoms with Crippen molar-refractivity contribution in [2.75, 3.05) is 24.5 Å². The van der Waals surface area contributed by atoms with E-state index in [0.29, 0.717) is 35.4 Å². The van der Waals surface area contributed by atoms with E-state index in [-0.39, 0.29) is 18.4 Å². The smallest absolute Gasteiger partial charge is 0.356 e. The third-order valence-corrected chi connectivity index (χ3v) is 7.22. The van der Waals surface area contributed by atoms with E-state index in [2.05, 4.69) is 20.1 Å². The fourth-order valence-corrected chi connectivity index (χ4v) is 5.65. The number of hydrogen-bond donors (Lipinski definition) is 1. The van der Waals surface area contributed by atoms with Crippen LogP contribution in [0, 0.1) is 11.8 Å². The van der Waals surface area contributed by atoms with Gasteiger partial charge >= 0.3 is 6.18 Å². The van der Waals surface area contributed by atoms with Gasteiger partial charge < -0.3 is 15.1 Å². The molecule has 5 rings (SSSR count). The summed E-state index contributed by atoms with van der Waals surface area (Å²) in [5.41, 5.74) is -0.00267. The van der Waals surface area contributed by atoms with Crippen molar-refractivity contribution in [3.8, 4) is 0 Å². The molecule has 1 aromatic carbocycles. The van der Waals surface area contributed by atoms with E-state index >= 15 is 0 Å². The van der Waals surface area contributed by atoms with Gasteiger partial charge in [0.05, 0.1) is 11.1 Å². The van der Waals surface area contributed by atoms with Crippen molar-refractivity contribution in [2.24, 2.45) is 11.8 Å². The second-order valence-electron chi connectivity index (χ2n) is 9.56. The van der Waals surface area contributed by atoms with Gasteiger partial charge in [0, 0.05) is 44.8 Å². The fraction of sp³-hybridized carbons (Fsp3) is 0.480. The molecule has 3 atom stereocenters. The summed E-state index contributed by atoms with van der Waals surface area (Å²) in [5.74, 6) is 1.57. The number of anilines is 1. The number of carbonyl (C=O) groups is 2. The zero-order chi connectivity index (χ0) is 23.9. The van der Waals surface area contributed by atoms with Gasteiger partial charge in [0.1, 0.15) is 5.82 Å². The number of carbonyl (C=O) groups excluding carboxylic acids is 2. The van der Waals surface area contributed by atoms with Crippen molar-refractivity contribution < 1.29 is 22.8 Å². The lowest BCUT2D eigenvalue weighted by atomic mass is 9.76. The molecule has 2 aromatic rings. The van der Waals surface area contributed by atoms with Crippen LogP contribution in [0.5, 0.6) is 0 Å². The van der Waals surface area contributed by atoms with E-state index in [9.17, 15) is 22.8 Å². The summed E-state index contributed by atoms with van der Waals surface area (Å²) in [7, 11) is 0. The van der Waals surface area contributed by atoms with Crippen LogP contribution in [0.15, 0.2) is 42.6 Å². The van der Waals surface area contributed by atoms with Crippen LogP contribution < -0.4 is 10.2 Å². The normalized spacial score (nSPS) is 24.6. The number of alkyl halides is 3. The van der Waals surface area contributed by atoms with Crippen molar-refractivity contribution in [3.05, 3.63) is 59.3 Å². The molecule has 9 heteroatoms. The Kier molecular flexibility index (Phi) is 5.95. The molecule has 3 aliphatic heterocycles. The molecule has 0 radical (unpaired) electrons. The average molecular weight is 473 g/mol. The SMILES string of the molecule is O=C(NCc1cccc(C(F)(F)F)c1)c1ccc(N2CC3CC(C2)[C@H]2CCCC(=O)N2C3)nc1. The topological polar surface area (TPSA) is 65.5 Å². The summed E-state index contributed by atoms with van der Waals surface area (Å²) in [6, 6.07) is 8.76. The van der Waals surface area contributed by atoms with Gasteiger partial charge in [0.15, 0.2) is 0 Å². The van der Waals surface area contributed by atoms with E-state index in [4.69, 9.17) is 0 Å². The van der Waals surface area contributed by atoms with Crippen molar-refractivity contribution in [1.29, 1.82) is 0 Å². The van der Waals surface area contributed by atoms with Gasteiger partial charge in [-0.25, -0.2) is 4.98 Å². The Morgan fingerprint density at radius 1 is 1.15 bits per heavy atom. The molecule has 1 aromatic heterocycles. The first kappa shape index (κ1) is 22.7. The Balaban J connectivity index is 1.20. The molecular formula is C25H27F3N4O2. The Labute approximate surface area is 196 Å². The van der Waals surface area contributed by atoms with Gasteiger partial charge in [0.25, 0.3) is 5.91 Å². The lowest BCUT2D eigenvalue weighted by Gasteiger charge is -2.52. The number of nitrogens with zero attached hydrogens (tertiary/aromatic N) is 3. The molecule has 34 heavy (non-hydrogen) atoms. The first-order valence-electron chi connectivity index (χ1n) is 11.7. The average Bonchev–Trinajstić information content (AvgIpc) is 2.83. The van der Waals surface area contributed by atoms with Gasteiger partial charge in [-0.05, 0) is 60.9 Å². The monoisotopic (exact) mass is 472 g/mol. The first-order chi connectivity index (χ1) is 16.3. The van der Waals surface area contributed by atoms with Gasteiger partial charge in [-0.3, -0.25) is 9.59 Å². The number of rotatable bonds is 4. The van der Waals surface area contributed by atoms with E-state index in [1.54, 1.807) is 12.1 Å². The predicted molar refractivity (Wildman–Crippen MR) is 120 cm³/mol. The van der Waals surface area contributed by atoms with Crippen molar-refractivity contribution in [1.82, 2.24) is 15.2 Å². The van der Waals surface area contributed by atoms with Crippen LogP contribution in [0.1, 0.15) is 47.2 Å². The molecule has 0 spiro atoms. The second-order valence-corrected chi connectivity index (χ2v) is 9.56. The van der Waals surface area contributed by atoms with E-state index in [1.807, 2.05) is 6.07 Å². The highest BCUT2D eigenvalue weighted by atomic mass is 19.4. The third kappa shape index (κ3) is 4.60. The lowest BCUT2D eigenvalue weighted by molar-refractivity contribution is -0.142. The maximum Gasteiger partial charge on any atom is 0.416 e. The lowest BCUT2D eigenvalue weighted by Crippen LogP contribution is -2.60. The second kappa shape index (κ2) is 8.92. The number of nitrogens with one attached hydrogen (secondary N) is 1. The zero-order valence-corrected chi connectivity index (χ0v) is 18.7. The minimum Gasteiger partial charge on any atom is -0.356 e. The summed E-state index contributed by atoms with van der Waals surface area (Å²) in [6.07, 6.45) is 0.924. The maximum atomic E-state index is 12.9. The Morgan fingerprint density at radius 2 is 2.00 bits per heavy atom. The quantitative estimate of drug-likeness (QED) is 0.734. The van der Waals surface area contributed by atoms with Crippen molar-refractivity contribution in [2.45, 2.75) is 44.4 Å². The Morgan fingerprint density at radius 3 is 2.76 bits per heavy atom. The van der Waals surface area contributed by atoms with Crippen LogP contribution in [-0.4, -0.2) is 47.4 Å². The third-order valence-electron chi connectivity index (χ3n) is 7.22. The van der Waals surface area contributed by atoms with Gasteiger partial charge in [-0.1, -0.05) is 12.1 Å². The predicted octanol–water partition coefficient (Wildman–Crippen LogP) is 3.87. The van der Waals surface area contributed by atoms with Crippen LogP contribution in [0.2, 0.25) is 0 Å². The molecule has 3 saturated heterocycles. The minimum atomic E-state index is -4.42. The number of pyridine rings is 1. The number of hydrogen-bond acceptors (Lipinski definition) is 4. The van der Waals surface area contributed by atoms with Gasteiger partial charge in [0.2, 0.25) is 5.91 Å². The molecule has 3 fully saturated rings. The highest BCUT2D eigenvalue weighted by Gasteiger charge is 2.44. The molecule has 2 bridgehead atoms. The highest BCUT2D eigenvalue weighted by Crippen LogP contribution is 2.39. The molecule has 6 nitrogen and oxygen atoms in total. The van der Waals surface area contributed by atoms with Crippen molar-refractivity contribution in [3.63, 3.8) is 0 Å². The molecule has 3 aliphatic rings. The molecule has 2 amide bonds. The van der Waals surface area contributed by atoms with E-state index in [0.717, 1.165) is 56.8 Å². The number of aromatic nitrogens is 1. The Hall–Kier alpha value is -3.10. The van der Waals surface area contributed by atoms with Crippen LogP contribution in [0.3, 0.4) is 0 Å². The number of amides is 2. The molecule has 4 heterocycles. The van der Waals surface area contributed by atoms with Crippen LogP contribution >= 0.6 is 0 Å². The molecular weight excluding hydrogens is 445 g/mol. The van der Waals surface area contributed by atoms with Crippen LogP contribution in [0.4, 0.5) is 19.0 Å². The summed E-state index contributed by atoms with van der Waals surface area (Å²) in [5, 5.41) is 2.66. The standard InChI is InChI=1S/C25H27F3N4O2/c26-25(27,28)20-4-1-3-16(10-20)11-30-24(34)18-7-8-22(29-12-18)31-13-17-9-19(15-31)21-5-2-6-23(33)32(21)14-17/h1,3-4,7-8,10,12,17,19,21H,2,5-6,9,11,13-15H2,(H,30,34)/t17?,19?,21-/m1/s1. The number of halogens is 3. The maximum absolute atomic E-state index is 12.9. The summed E-state index contributed by atoms with van der Waals surface area (Å²) in [4.78, 5) is 33.7. The fourth-order valence-electron chi connectivity index (χ4n) is 5.65. The first-order valence-corrected chi connectivity index (χ1v) is 11.7. The zero-order valence-electron chi connectivity index (χ0n) is 18.7. The molecule has 0 aliphatic carbocycles. The highest BCUT2D eigenvalue weighted by molar-refractivity contribution is 5.94. The number of piperidine rings is 3. The minimum absolute atomic E-state index is 0.00337. The molecule has 2 unspecified atom stereocenters. The number of benzene rings is 1. The van der Waals surface area contributed by atoms with Gasteiger partial charge in [-0.2, -0.15) is 13.2 Å².